The van der Waals surface area contributed by atoms with Crippen molar-refractivity contribution in [2.45, 2.75) is 50.7 Å². The van der Waals surface area contributed by atoms with Crippen LogP contribution < -0.4 is 5.32 Å². The minimum Gasteiger partial charge on any atom is -0.472 e. The zero-order valence-electron chi connectivity index (χ0n) is 14.3. The highest BCUT2D eigenvalue weighted by Gasteiger charge is 2.41. The van der Waals surface area contributed by atoms with Gasteiger partial charge in [-0.15, -0.1) is 0 Å². The van der Waals surface area contributed by atoms with Crippen molar-refractivity contribution in [3.05, 3.63) is 59.5 Å². The molecular weight excluding hydrogens is 316 g/mol. The molecule has 0 unspecified atom stereocenters. The van der Waals surface area contributed by atoms with Gasteiger partial charge >= 0.3 is 0 Å². The highest BCUT2D eigenvalue weighted by atomic mass is 16.3. The first-order valence-corrected chi connectivity index (χ1v) is 8.88. The Bertz CT molecular complexity index is 780. The first-order valence-electron chi connectivity index (χ1n) is 8.88. The van der Waals surface area contributed by atoms with E-state index in [2.05, 4.69) is 23.5 Å². The molecule has 0 radical (unpaired) electrons. The van der Waals surface area contributed by atoms with Gasteiger partial charge in [0, 0.05) is 6.04 Å². The van der Waals surface area contributed by atoms with Crippen LogP contribution in [-0.4, -0.2) is 28.8 Å². The molecule has 5 heteroatoms. The first kappa shape index (κ1) is 15.9. The van der Waals surface area contributed by atoms with Gasteiger partial charge in [0.15, 0.2) is 0 Å². The number of nitrogens with one attached hydrogen (secondary N) is 1. The Morgan fingerprint density at radius 3 is 2.72 bits per heavy atom. The van der Waals surface area contributed by atoms with Crippen LogP contribution in [-0.2, 0) is 11.2 Å². The van der Waals surface area contributed by atoms with Crippen LogP contribution in [0.5, 0.6) is 0 Å². The number of amides is 2. The number of hydrogen-bond acceptors (Lipinski definition) is 3. The SMILES string of the molecule is C[C@@H](NC(=O)c1ccoc1)C(=O)N(C1CC1)[C@@H]1CCc2ccccc21. The molecule has 4 rings (SSSR count). The van der Waals surface area contributed by atoms with Gasteiger partial charge in [-0.3, -0.25) is 9.59 Å². The fourth-order valence-electron chi connectivity index (χ4n) is 3.72. The minimum absolute atomic E-state index is 0.000970. The summed E-state index contributed by atoms with van der Waals surface area (Å²) < 4.78 is 4.94. The molecule has 2 atom stereocenters. The largest absolute Gasteiger partial charge is 0.472 e. The summed E-state index contributed by atoms with van der Waals surface area (Å²) in [4.78, 5) is 27.3. The number of hydrogen-bond donors (Lipinski definition) is 1. The van der Waals surface area contributed by atoms with E-state index in [-0.39, 0.29) is 17.9 Å². The van der Waals surface area contributed by atoms with Crippen molar-refractivity contribution in [3.8, 4) is 0 Å². The molecule has 130 valence electrons. The van der Waals surface area contributed by atoms with Crippen LogP contribution in [0.25, 0.3) is 0 Å². The molecule has 1 N–H and O–H groups in total. The summed E-state index contributed by atoms with van der Waals surface area (Å²) in [6.45, 7) is 1.76. The van der Waals surface area contributed by atoms with Crippen molar-refractivity contribution in [1.82, 2.24) is 10.2 Å². The third-order valence-corrected chi connectivity index (χ3v) is 5.13. The van der Waals surface area contributed by atoms with Gasteiger partial charge in [0.05, 0.1) is 17.9 Å². The molecule has 1 heterocycles. The molecule has 1 saturated carbocycles. The number of furan rings is 1. The van der Waals surface area contributed by atoms with Crippen molar-refractivity contribution in [3.63, 3.8) is 0 Å². The predicted octanol–water partition coefficient (Wildman–Crippen LogP) is 3.08. The summed E-state index contributed by atoms with van der Waals surface area (Å²) in [7, 11) is 0. The van der Waals surface area contributed by atoms with Crippen LogP contribution in [0.4, 0.5) is 0 Å². The van der Waals surface area contributed by atoms with Gasteiger partial charge in [0.2, 0.25) is 5.91 Å². The van der Waals surface area contributed by atoms with Gasteiger partial charge < -0.3 is 14.6 Å². The standard InChI is InChI=1S/C20H22N2O3/c1-13(21-19(23)15-10-11-25-12-15)20(24)22(16-7-8-16)18-9-6-14-4-2-3-5-17(14)18/h2-5,10-13,16,18H,6-9H2,1H3,(H,21,23)/t13-,18-/m1/s1. The Morgan fingerprint density at radius 1 is 1.20 bits per heavy atom. The average molecular weight is 338 g/mol. The summed E-state index contributed by atoms with van der Waals surface area (Å²) in [5.74, 6) is -0.279. The zero-order chi connectivity index (χ0) is 17.4. The lowest BCUT2D eigenvalue weighted by Crippen LogP contribution is -2.48. The molecule has 2 aliphatic carbocycles. The summed E-state index contributed by atoms with van der Waals surface area (Å²) >= 11 is 0. The summed E-state index contributed by atoms with van der Waals surface area (Å²) in [6.07, 6.45) is 6.91. The van der Waals surface area contributed by atoms with Crippen molar-refractivity contribution in [1.29, 1.82) is 0 Å². The van der Waals surface area contributed by atoms with E-state index in [0.717, 1.165) is 25.7 Å². The van der Waals surface area contributed by atoms with Gasteiger partial charge in [-0.05, 0) is 49.8 Å². The highest BCUT2D eigenvalue weighted by Crippen LogP contribution is 2.42. The second-order valence-corrected chi connectivity index (χ2v) is 6.94. The average Bonchev–Trinajstić information content (AvgIpc) is 3.12. The van der Waals surface area contributed by atoms with Crippen LogP contribution >= 0.6 is 0 Å². The summed E-state index contributed by atoms with van der Waals surface area (Å²) in [5, 5.41) is 2.80. The number of nitrogens with zero attached hydrogens (tertiary/aromatic N) is 1. The maximum absolute atomic E-state index is 13.1. The molecular formula is C20H22N2O3. The lowest BCUT2D eigenvalue weighted by atomic mass is 10.1. The quantitative estimate of drug-likeness (QED) is 0.911. The third kappa shape index (κ3) is 3.06. The Balaban J connectivity index is 1.51. The third-order valence-electron chi connectivity index (χ3n) is 5.13. The normalized spacial score (nSPS) is 20.0. The van der Waals surface area contributed by atoms with Gasteiger partial charge in [-0.25, -0.2) is 0 Å². The second kappa shape index (κ2) is 6.39. The maximum Gasteiger partial charge on any atom is 0.255 e. The highest BCUT2D eigenvalue weighted by molar-refractivity contribution is 5.97. The molecule has 0 saturated heterocycles. The number of aryl methyl sites for hydroxylation is 1. The second-order valence-electron chi connectivity index (χ2n) is 6.94. The lowest BCUT2D eigenvalue weighted by Gasteiger charge is -2.32. The fourth-order valence-corrected chi connectivity index (χ4v) is 3.72. The minimum atomic E-state index is -0.559. The van der Waals surface area contributed by atoms with E-state index >= 15 is 0 Å². The molecule has 2 aliphatic rings. The summed E-state index contributed by atoms with van der Waals surface area (Å²) in [6, 6.07) is 9.84. The van der Waals surface area contributed by atoms with E-state index in [1.807, 2.05) is 11.0 Å². The fraction of sp³-hybridized carbons (Fsp3) is 0.400. The van der Waals surface area contributed by atoms with Crippen LogP contribution in [0.1, 0.15) is 53.7 Å². The molecule has 5 nitrogen and oxygen atoms in total. The van der Waals surface area contributed by atoms with Crippen molar-refractivity contribution in [2.75, 3.05) is 0 Å². The molecule has 1 aromatic carbocycles. The van der Waals surface area contributed by atoms with Gasteiger partial charge in [0.25, 0.3) is 5.91 Å². The maximum atomic E-state index is 13.1. The van der Waals surface area contributed by atoms with Gasteiger partial charge in [-0.1, -0.05) is 24.3 Å². The van der Waals surface area contributed by atoms with Crippen molar-refractivity contribution >= 4 is 11.8 Å². The number of benzene rings is 1. The zero-order valence-corrected chi connectivity index (χ0v) is 14.3. The Morgan fingerprint density at radius 2 is 2.00 bits per heavy atom. The molecule has 2 amide bonds. The molecule has 2 aromatic rings. The van der Waals surface area contributed by atoms with Crippen LogP contribution in [0.15, 0.2) is 47.3 Å². The predicted molar refractivity (Wildman–Crippen MR) is 93.0 cm³/mol. The Hall–Kier alpha value is -2.56. The van der Waals surface area contributed by atoms with Gasteiger partial charge in [-0.2, -0.15) is 0 Å². The van der Waals surface area contributed by atoms with Crippen molar-refractivity contribution in [2.24, 2.45) is 0 Å². The number of fused-ring (bicyclic) bond motifs is 1. The smallest absolute Gasteiger partial charge is 0.255 e. The van der Waals surface area contributed by atoms with Crippen LogP contribution in [0.2, 0.25) is 0 Å². The molecule has 0 bridgehead atoms. The summed E-state index contributed by atoms with van der Waals surface area (Å²) in [5.41, 5.74) is 3.03. The Kier molecular flexibility index (Phi) is 4.07. The Labute approximate surface area is 147 Å². The molecule has 1 fully saturated rings. The molecule has 0 aliphatic heterocycles. The van der Waals surface area contributed by atoms with E-state index in [0.29, 0.717) is 11.6 Å². The van der Waals surface area contributed by atoms with E-state index in [1.54, 1.807) is 13.0 Å². The molecule has 0 spiro atoms. The molecule has 25 heavy (non-hydrogen) atoms. The van der Waals surface area contributed by atoms with E-state index in [4.69, 9.17) is 4.42 Å². The van der Waals surface area contributed by atoms with E-state index in [1.165, 1.54) is 23.7 Å². The number of carbonyl (C=O) groups excluding carboxylic acids is 2. The van der Waals surface area contributed by atoms with E-state index < -0.39 is 6.04 Å². The molecule has 1 aromatic heterocycles. The topological polar surface area (TPSA) is 62.6 Å². The van der Waals surface area contributed by atoms with Crippen molar-refractivity contribution < 1.29 is 14.0 Å². The first-order chi connectivity index (χ1) is 12.1. The number of carbonyl (C=O) groups is 2. The van der Waals surface area contributed by atoms with Crippen LogP contribution in [0.3, 0.4) is 0 Å². The monoisotopic (exact) mass is 338 g/mol. The lowest BCUT2D eigenvalue weighted by molar-refractivity contribution is -0.136. The van der Waals surface area contributed by atoms with E-state index in [9.17, 15) is 9.59 Å². The van der Waals surface area contributed by atoms with Crippen LogP contribution in [0, 0.1) is 0 Å². The number of rotatable bonds is 5. The van der Waals surface area contributed by atoms with Gasteiger partial charge in [0.1, 0.15) is 12.3 Å².